The molecule has 4 aromatic rings. The number of hydrogen-bond donors (Lipinski definition) is 1. The standard InChI is InChI=1S/C29H33N3O/c1-20-18-21(2)23(4)25(22(20)3)19-32-27-13-9-8-12-26(27)31-28(32)16-17-30-29(33)15-14-24-10-6-5-7-11-24/h5-13,18H,14-17,19H2,1-4H3,(H,30,33). The van der Waals surface area contributed by atoms with Crippen LogP contribution in [-0.4, -0.2) is 22.0 Å². The van der Waals surface area contributed by atoms with Crippen LogP contribution in [0.1, 0.15) is 45.6 Å². The highest BCUT2D eigenvalue weighted by atomic mass is 16.1. The Hall–Kier alpha value is -3.40. The van der Waals surface area contributed by atoms with Gasteiger partial charge in [0.05, 0.1) is 11.0 Å². The van der Waals surface area contributed by atoms with Crippen molar-refractivity contribution in [2.75, 3.05) is 6.54 Å². The summed E-state index contributed by atoms with van der Waals surface area (Å²) in [5, 5.41) is 3.09. The maximum absolute atomic E-state index is 12.4. The van der Waals surface area contributed by atoms with E-state index in [1.165, 1.54) is 33.4 Å². The average Bonchev–Trinajstić information content (AvgIpc) is 3.17. The highest BCUT2D eigenvalue weighted by molar-refractivity contribution is 5.77. The topological polar surface area (TPSA) is 46.9 Å². The monoisotopic (exact) mass is 439 g/mol. The Labute approximate surface area is 196 Å². The summed E-state index contributed by atoms with van der Waals surface area (Å²) in [4.78, 5) is 17.3. The third-order valence-corrected chi connectivity index (χ3v) is 6.73. The highest BCUT2D eigenvalue weighted by Crippen LogP contribution is 2.25. The fourth-order valence-electron chi connectivity index (χ4n) is 4.49. The van der Waals surface area contributed by atoms with Crippen molar-refractivity contribution in [3.8, 4) is 0 Å². The van der Waals surface area contributed by atoms with Crippen molar-refractivity contribution in [2.24, 2.45) is 0 Å². The number of carbonyl (C=O) groups is 1. The lowest BCUT2D eigenvalue weighted by Crippen LogP contribution is -2.26. The number of para-hydroxylation sites is 2. The van der Waals surface area contributed by atoms with Gasteiger partial charge in [0.1, 0.15) is 5.82 Å². The molecule has 0 saturated heterocycles. The fraction of sp³-hybridized carbons (Fsp3) is 0.310. The minimum atomic E-state index is 0.0857. The third kappa shape index (κ3) is 5.16. The number of aromatic nitrogens is 2. The number of aryl methyl sites for hydroxylation is 3. The van der Waals surface area contributed by atoms with Gasteiger partial charge < -0.3 is 9.88 Å². The normalized spacial score (nSPS) is 11.2. The molecule has 0 bridgehead atoms. The summed E-state index contributed by atoms with van der Waals surface area (Å²) in [6.45, 7) is 10.2. The van der Waals surface area contributed by atoms with E-state index in [2.05, 4.69) is 74.0 Å². The second-order valence-electron chi connectivity index (χ2n) is 8.93. The number of amides is 1. The SMILES string of the molecule is Cc1cc(C)c(C)c(Cn2c(CCNC(=O)CCc3ccccc3)nc3ccccc32)c1C. The molecular weight excluding hydrogens is 406 g/mol. The molecule has 0 spiro atoms. The van der Waals surface area contributed by atoms with Crippen LogP contribution in [0.15, 0.2) is 60.7 Å². The Morgan fingerprint density at radius 1 is 0.879 bits per heavy atom. The van der Waals surface area contributed by atoms with E-state index in [4.69, 9.17) is 4.98 Å². The summed E-state index contributed by atoms with van der Waals surface area (Å²) < 4.78 is 2.32. The minimum Gasteiger partial charge on any atom is -0.356 e. The van der Waals surface area contributed by atoms with Crippen LogP contribution in [0.2, 0.25) is 0 Å². The lowest BCUT2D eigenvalue weighted by molar-refractivity contribution is -0.121. The molecule has 1 heterocycles. The Kier molecular flexibility index (Phi) is 6.93. The van der Waals surface area contributed by atoms with Gasteiger partial charge in [-0.1, -0.05) is 48.5 Å². The highest BCUT2D eigenvalue weighted by Gasteiger charge is 2.15. The number of nitrogens with zero attached hydrogens (tertiary/aromatic N) is 2. The molecule has 0 unspecified atom stereocenters. The zero-order chi connectivity index (χ0) is 23.4. The van der Waals surface area contributed by atoms with Gasteiger partial charge in [0.2, 0.25) is 5.91 Å². The fourth-order valence-corrected chi connectivity index (χ4v) is 4.49. The summed E-state index contributed by atoms with van der Waals surface area (Å²) in [6, 6.07) is 20.7. The van der Waals surface area contributed by atoms with E-state index in [1.807, 2.05) is 24.3 Å². The van der Waals surface area contributed by atoms with Crippen molar-refractivity contribution >= 4 is 16.9 Å². The Morgan fingerprint density at radius 3 is 2.27 bits per heavy atom. The molecule has 1 amide bonds. The number of hydrogen-bond acceptors (Lipinski definition) is 2. The van der Waals surface area contributed by atoms with E-state index in [0.29, 0.717) is 19.4 Å². The van der Waals surface area contributed by atoms with Crippen LogP contribution in [0.25, 0.3) is 11.0 Å². The number of nitrogens with one attached hydrogen (secondary N) is 1. The van der Waals surface area contributed by atoms with E-state index in [-0.39, 0.29) is 5.91 Å². The summed E-state index contributed by atoms with van der Waals surface area (Å²) in [6.07, 6.45) is 1.96. The maximum atomic E-state index is 12.4. The van der Waals surface area contributed by atoms with Crippen molar-refractivity contribution in [3.05, 3.63) is 99.9 Å². The van der Waals surface area contributed by atoms with Crippen LogP contribution in [0, 0.1) is 27.7 Å². The van der Waals surface area contributed by atoms with Gasteiger partial charge in [-0.05, 0) is 79.6 Å². The van der Waals surface area contributed by atoms with Gasteiger partial charge in [-0.2, -0.15) is 0 Å². The van der Waals surface area contributed by atoms with E-state index < -0.39 is 0 Å². The van der Waals surface area contributed by atoms with Gasteiger partial charge in [0.15, 0.2) is 0 Å². The first-order chi connectivity index (χ1) is 15.9. The minimum absolute atomic E-state index is 0.0857. The molecule has 3 aromatic carbocycles. The molecule has 1 aromatic heterocycles. The molecule has 4 nitrogen and oxygen atoms in total. The molecule has 4 heteroatoms. The molecule has 0 fully saturated rings. The van der Waals surface area contributed by atoms with E-state index in [9.17, 15) is 4.79 Å². The van der Waals surface area contributed by atoms with Crippen molar-refractivity contribution in [2.45, 2.75) is 53.5 Å². The molecule has 0 aliphatic carbocycles. The van der Waals surface area contributed by atoms with Crippen LogP contribution in [-0.2, 0) is 24.2 Å². The molecule has 0 radical (unpaired) electrons. The van der Waals surface area contributed by atoms with Crippen LogP contribution in [0.4, 0.5) is 0 Å². The second-order valence-corrected chi connectivity index (χ2v) is 8.93. The number of carbonyl (C=O) groups excluding carboxylic acids is 1. The van der Waals surface area contributed by atoms with Gasteiger partial charge in [-0.25, -0.2) is 4.98 Å². The molecule has 0 atom stereocenters. The van der Waals surface area contributed by atoms with Crippen LogP contribution in [0.3, 0.4) is 0 Å². The molecule has 1 N–H and O–H groups in total. The summed E-state index contributed by atoms with van der Waals surface area (Å²) >= 11 is 0. The lowest BCUT2D eigenvalue weighted by Gasteiger charge is -2.18. The Morgan fingerprint density at radius 2 is 1.55 bits per heavy atom. The van der Waals surface area contributed by atoms with E-state index in [0.717, 1.165) is 29.8 Å². The van der Waals surface area contributed by atoms with Gasteiger partial charge in [-0.3, -0.25) is 4.79 Å². The Bertz CT molecular complexity index is 1250. The molecular formula is C29H33N3O. The predicted octanol–water partition coefficient (Wildman–Crippen LogP) is 5.61. The molecule has 33 heavy (non-hydrogen) atoms. The van der Waals surface area contributed by atoms with Crippen LogP contribution in [0.5, 0.6) is 0 Å². The molecule has 0 aliphatic rings. The van der Waals surface area contributed by atoms with Crippen molar-refractivity contribution in [3.63, 3.8) is 0 Å². The quantitative estimate of drug-likeness (QED) is 0.388. The molecule has 0 aliphatic heterocycles. The summed E-state index contributed by atoms with van der Waals surface area (Å²) in [5.41, 5.74) is 10.0. The van der Waals surface area contributed by atoms with E-state index in [1.54, 1.807) is 0 Å². The van der Waals surface area contributed by atoms with E-state index >= 15 is 0 Å². The Balaban J connectivity index is 1.50. The van der Waals surface area contributed by atoms with Gasteiger partial charge in [0, 0.05) is 25.9 Å². The van der Waals surface area contributed by atoms with Crippen LogP contribution < -0.4 is 5.32 Å². The number of fused-ring (bicyclic) bond motifs is 1. The molecule has 4 rings (SSSR count). The molecule has 170 valence electrons. The van der Waals surface area contributed by atoms with Crippen molar-refractivity contribution < 1.29 is 4.79 Å². The second kappa shape index (κ2) is 10.0. The van der Waals surface area contributed by atoms with Crippen molar-refractivity contribution in [1.29, 1.82) is 0 Å². The number of benzene rings is 3. The zero-order valence-electron chi connectivity index (χ0n) is 20.1. The third-order valence-electron chi connectivity index (χ3n) is 6.73. The lowest BCUT2D eigenvalue weighted by atomic mass is 9.94. The largest absolute Gasteiger partial charge is 0.356 e. The first-order valence-electron chi connectivity index (χ1n) is 11.7. The van der Waals surface area contributed by atoms with Gasteiger partial charge in [0.25, 0.3) is 0 Å². The first-order valence-corrected chi connectivity index (χ1v) is 11.7. The number of rotatable bonds is 8. The average molecular weight is 440 g/mol. The van der Waals surface area contributed by atoms with Gasteiger partial charge in [-0.15, -0.1) is 0 Å². The maximum Gasteiger partial charge on any atom is 0.220 e. The summed E-state index contributed by atoms with van der Waals surface area (Å²) in [7, 11) is 0. The summed E-state index contributed by atoms with van der Waals surface area (Å²) in [5.74, 6) is 1.10. The smallest absolute Gasteiger partial charge is 0.220 e. The zero-order valence-corrected chi connectivity index (χ0v) is 20.1. The molecule has 0 saturated carbocycles. The first kappa shape index (κ1) is 22.8. The van der Waals surface area contributed by atoms with Crippen molar-refractivity contribution in [1.82, 2.24) is 14.9 Å². The predicted molar refractivity (Wildman–Crippen MR) is 136 cm³/mol. The number of imidazole rings is 1. The van der Waals surface area contributed by atoms with Gasteiger partial charge >= 0.3 is 0 Å². The van der Waals surface area contributed by atoms with Crippen LogP contribution >= 0.6 is 0 Å².